The van der Waals surface area contributed by atoms with E-state index in [1.807, 2.05) is 53.9 Å². The van der Waals surface area contributed by atoms with Crippen molar-refractivity contribution in [2.24, 2.45) is 0 Å². The van der Waals surface area contributed by atoms with Crippen molar-refractivity contribution in [1.82, 2.24) is 10.2 Å². The van der Waals surface area contributed by atoms with E-state index in [1.54, 1.807) is 11.3 Å². The molecule has 1 aromatic carbocycles. The van der Waals surface area contributed by atoms with Crippen LogP contribution in [0.25, 0.3) is 0 Å². The number of aryl methyl sites for hydroxylation is 2. The second-order valence-electron chi connectivity index (χ2n) is 5.09. The van der Waals surface area contributed by atoms with Crippen molar-refractivity contribution in [3.8, 4) is 5.88 Å². The molecule has 0 atom stereocenters. The minimum atomic E-state index is 0.523. The first-order valence-electron chi connectivity index (χ1n) is 7.35. The molecule has 3 aromatic rings. The summed E-state index contributed by atoms with van der Waals surface area (Å²) in [5, 5.41) is 10.3. The normalized spacial score (nSPS) is 10.4. The molecule has 0 aliphatic carbocycles. The van der Waals surface area contributed by atoms with Gasteiger partial charge in [0.1, 0.15) is 12.9 Å². The summed E-state index contributed by atoms with van der Waals surface area (Å²) in [5.41, 5.74) is 2.80. The number of aldehydes is 1. The number of benzene rings is 1. The van der Waals surface area contributed by atoms with E-state index in [0.29, 0.717) is 18.1 Å². The number of hydrogen-bond donors (Lipinski definition) is 0. The van der Waals surface area contributed by atoms with E-state index in [-0.39, 0.29) is 0 Å². The summed E-state index contributed by atoms with van der Waals surface area (Å²) >= 11 is 1.66. The fraction of sp³-hybridized carbons (Fsp3) is 0.167. The van der Waals surface area contributed by atoms with Gasteiger partial charge in [-0.05, 0) is 35.9 Å². The zero-order chi connectivity index (χ0) is 15.9. The van der Waals surface area contributed by atoms with Crippen LogP contribution in [0.15, 0.2) is 53.9 Å². The minimum Gasteiger partial charge on any atom is -0.471 e. The summed E-state index contributed by atoms with van der Waals surface area (Å²) < 4.78 is 5.60. The largest absolute Gasteiger partial charge is 0.471 e. The lowest BCUT2D eigenvalue weighted by molar-refractivity contribution is 0.112. The summed E-state index contributed by atoms with van der Waals surface area (Å²) in [6.07, 6.45) is 2.52. The Kier molecular flexibility index (Phi) is 5.11. The number of ether oxygens (including phenoxy) is 1. The predicted octanol–water partition coefficient (Wildman–Crippen LogP) is 3.71. The molecule has 0 aliphatic rings. The summed E-state index contributed by atoms with van der Waals surface area (Å²) in [4.78, 5) is 11.8. The highest BCUT2D eigenvalue weighted by atomic mass is 32.1. The highest BCUT2D eigenvalue weighted by Crippen LogP contribution is 2.13. The average molecular weight is 324 g/mol. The third-order valence-electron chi connectivity index (χ3n) is 3.42. The summed E-state index contributed by atoms with van der Waals surface area (Å²) in [6.45, 7) is 0.523. The Labute approximate surface area is 138 Å². The molecule has 3 rings (SSSR count). The maximum absolute atomic E-state index is 10.6. The Balaban J connectivity index is 1.51. The zero-order valence-corrected chi connectivity index (χ0v) is 13.3. The molecule has 0 amide bonds. The Morgan fingerprint density at radius 2 is 1.87 bits per heavy atom. The van der Waals surface area contributed by atoms with Crippen LogP contribution in [0.3, 0.4) is 0 Å². The van der Waals surface area contributed by atoms with Crippen LogP contribution < -0.4 is 4.74 Å². The van der Waals surface area contributed by atoms with E-state index in [4.69, 9.17) is 4.74 Å². The van der Waals surface area contributed by atoms with E-state index in [0.717, 1.165) is 29.7 Å². The van der Waals surface area contributed by atoms with E-state index >= 15 is 0 Å². The predicted molar refractivity (Wildman–Crippen MR) is 89.9 cm³/mol. The number of carbonyl (C=O) groups is 1. The molecule has 0 radical (unpaired) electrons. The smallest absolute Gasteiger partial charge is 0.233 e. The van der Waals surface area contributed by atoms with Crippen molar-refractivity contribution < 1.29 is 9.53 Å². The molecule has 0 saturated heterocycles. The average Bonchev–Trinajstić information content (AvgIpc) is 3.13. The molecule has 0 N–H and O–H groups in total. The monoisotopic (exact) mass is 324 g/mol. The van der Waals surface area contributed by atoms with Crippen molar-refractivity contribution in [2.75, 3.05) is 0 Å². The Morgan fingerprint density at radius 1 is 1.00 bits per heavy atom. The molecule has 0 unspecified atom stereocenters. The van der Waals surface area contributed by atoms with Gasteiger partial charge in [0.2, 0.25) is 5.88 Å². The maximum Gasteiger partial charge on any atom is 0.233 e. The topological polar surface area (TPSA) is 52.1 Å². The fourth-order valence-corrected chi connectivity index (χ4v) is 2.75. The molecule has 5 heteroatoms. The van der Waals surface area contributed by atoms with Crippen molar-refractivity contribution >= 4 is 17.6 Å². The van der Waals surface area contributed by atoms with E-state index in [9.17, 15) is 4.79 Å². The van der Waals surface area contributed by atoms with Gasteiger partial charge in [0.15, 0.2) is 0 Å². The summed E-state index contributed by atoms with van der Waals surface area (Å²) in [5.74, 6) is 0.539. The molecule has 0 aliphatic heterocycles. The quantitative estimate of drug-likeness (QED) is 0.622. The molecule has 0 fully saturated rings. The molecule has 2 aromatic heterocycles. The first kappa shape index (κ1) is 15.4. The second-order valence-corrected chi connectivity index (χ2v) is 6.12. The van der Waals surface area contributed by atoms with E-state index < -0.39 is 0 Å². The molecular weight excluding hydrogens is 308 g/mol. The van der Waals surface area contributed by atoms with Crippen LogP contribution in [-0.4, -0.2) is 16.5 Å². The lowest BCUT2D eigenvalue weighted by Crippen LogP contribution is -2.00. The highest BCUT2D eigenvalue weighted by Gasteiger charge is 2.02. The Hall–Kier alpha value is -2.53. The number of hydrogen-bond acceptors (Lipinski definition) is 5. The highest BCUT2D eigenvalue weighted by molar-refractivity contribution is 7.09. The number of nitrogens with zero attached hydrogens (tertiary/aromatic N) is 2. The first-order valence-corrected chi connectivity index (χ1v) is 8.23. The van der Waals surface area contributed by atoms with Crippen LogP contribution in [0, 0.1) is 0 Å². The van der Waals surface area contributed by atoms with Gasteiger partial charge < -0.3 is 4.74 Å². The number of thiophene rings is 1. The Bertz CT molecular complexity index is 738. The van der Waals surface area contributed by atoms with Crippen molar-refractivity contribution in [2.45, 2.75) is 19.4 Å². The Morgan fingerprint density at radius 3 is 2.52 bits per heavy atom. The second kappa shape index (κ2) is 7.65. The van der Waals surface area contributed by atoms with Crippen molar-refractivity contribution in [1.29, 1.82) is 0 Å². The minimum absolute atomic E-state index is 0.523. The molecule has 23 heavy (non-hydrogen) atoms. The third kappa shape index (κ3) is 4.47. The van der Waals surface area contributed by atoms with Crippen LogP contribution in [0.5, 0.6) is 5.88 Å². The molecule has 0 bridgehead atoms. The fourth-order valence-electron chi connectivity index (χ4n) is 2.13. The van der Waals surface area contributed by atoms with Crippen molar-refractivity contribution in [3.63, 3.8) is 0 Å². The number of rotatable bonds is 7. The van der Waals surface area contributed by atoms with Gasteiger partial charge in [-0.25, -0.2) is 0 Å². The molecule has 2 heterocycles. The maximum atomic E-state index is 10.6. The van der Waals surface area contributed by atoms with Gasteiger partial charge in [-0.2, -0.15) is 5.10 Å². The molecule has 0 spiro atoms. The summed E-state index contributed by atoms with van der Waals surface area (Å²) in [6, 6.07) is 15.4. The van der Waals surface area contributed by atoms with Gasteiger partial charge >= 0.3 is 0 Å². The van der Waals surface area contributed by atoms with Gasteiger partial charge in [0.05, 0.1) is 5.69 Å². The van der Waals surface area contributed by atoms with E-state index in [2.05, 4.69) is 10.2 Å². The molecule has 0 saturated carbocycles. The molecule has 116 valence electrons. The van der Waals surface area contributed by atoms with Crippen molar-refractivity contribution in [3.05, 3.63) is 75.6 Å². The standard InChI is InChI=1S/C18H16N2O2S/c21-12-15-5-3-14(4-6-15)7-8-16-9-10-18(20-19-16)22-13-17-2-1-11-23-17/h1-6,9-12H,7-8,13H2. The van der Waals surface area contributed by atoms with Gasteiger partial charge in [-0.1, -0.05) is 30.3 Å². The van der Waals surface area contributed by atoms with Gasteiger partial charge in [0, 0.05) is 16.5 Å². The van der Waals surface area contributed by atoms with E-state index in [1.165, 1.54) is 5.56 Å². The molecular formula is C18H16N2O2S. The van der Waals surface area contributed by atoms with Crippen LogP contribution >= 0.6 is 11.3 Å². The number of carbonyl (C=O) groups excluding carboxylic acids is 1. The van der Waals surface area contributed by atoms with Gasteiger partial charge in [-0.15, -0.1) is 16.4 Å². The number of aromatic nitrogens is 2. The lowest BCUT2D eigenvalue weighted by Gasteiger charge is -2.04. The van der Waals surface area contributed by atoms with Crippen LogP contribution in [0.4, 0.5) is 0 Å². The van der Waals surface area contributed by atoms with Gasteiger partial charge in [0.25, 0.3) is 0 Å². The first-order chi connectivity index (χ1) is 11.3. The van der Waals surface area contributed by atoms with Gasteiger partial charge in [-0.3, -0.25) is 4.79 Å². The molecule has 4 nitrogen and oxygen atoms in total. The van der Waals surface area contributed by atoms with Crippen LogP contribution in [0.1, 0.15) is 26.5 Å². The lowest BCUT2D eigenvalue weighted by atomic mass is 10.1. The summed E-state index contributed by atoms with van der Waals surface area (Å²) in [7, 11) is 0. The SMILES string of the molecule is O=Cc1ccc(CCc2ccc(OCc3cccs3)nn2)cc1. The zero-order valence-electron chi connectivity index (χ0n) is 12.5. The van der Waals surface area contributed by atoms with Crippen LogP contribution in [-0.2, 0) is 19.4 Å². The van der Waals surface area contributed by atoms with Crippen LogP contribution in [0.2, 0.25) is 0 Å². The third-order valence-corrected chi connectivity index (χ3v) is 4.27.